The van der Waals surface area contributed by atoms with Crippen LogP contribution in [0.2, 0.25) is 0 Å². The monoisotopic (exact) mass is 530 g/mol. The molecular weight excluding hydrogens is 506 g/mol. The highest BCUT2D eigenvalue weighted by molar-refractivity contribution is 7.24. The molecule has 0 saturated heterocycles. The second kappa shape index (κ2) is 10.1. The summed E-state index contributed by atoms with van der Waals surface area (Å²) in [5, 5.41) is 14.4. The fourth-order valence-corrected chi connectivity index (χ4v) is 6.63. The van der Waals surface area contributed by atoms with Gasteiger partial charge < -0.3 is 10.0 Å². The van der Waals surface area contributed by atoms with E-state index in [0.29, 0.717) is 29.3 Å². The molecule has 4 heterocycles. The quantitative estimate of drug-likeness (QED) is 0.303. The maximum atomic E-state index is 13.6. The molecule has 1 amide bonds. The van der Waals surface area contributed by atoms with E-state index in [4.69, 9.17) is 0 Å². The Morgan fingerprint density at radius 1 is 1.14 bits per heavy atom. The van der Waals surface area contributed by atoms with Gasteiger partial charge in [0.15, 0.2) is 5.65 Å². The first kappa shape index (κ1) is 24.5. The fourth-order valence-electron chi connectivity index (χ4n) is 4.59. The third kappa shape index (κ3) is 4.90. The Balaban J connectivity index is 1.48. The Bertz CT molecular complexity index is 1370. The number of hydrogen-bond donors (Lipinski definition) is 1. The summed E-state index contributed by atoms with van der Waals surface area (Å²) < 4.78 is 28.8. The second-order valence-corrected chi connectivity index (χ2v) is 11.2. The number of rotatable bonds is 7. The number of carboxylic acid groups (broad SMARTS) is 1. The number of aromatic nitrogens is 3. The van der Waals surface area contributed by atoms with Crippen LogP contribution in [0.1, 0.15) is 42.3 Å². The molecule has 0 radical (unpaired) electrons. The van der Waals surface area contributed by atoms with Gasteiger partial charge in [0.25, 0.3) is 6.43 Å². The molecule has 1 N–H and O–H groups in total. The van der Waals surface area contributed by atoms with Crippen molar-refractivity contribution >= 4 is 45.9 Å². The lowest BCUT2D eigenvalue weighted by atomic mass is 9.82. The lowest BCUT2D eigenvalue weighted by Crippen LogP contribution is -2.41. The molecule has 36 heavy (non-hydrogen) atoms. The highest BCUT2D eigenvalue weighted by Gasteiger charge is 2.33. The van der Waals surface area contributed by atoms with E-state index in [1.54, 1.807) is 29.0 Å². The number of nitrogens with zero attached hydrogens (tertiary/aromatic N) is 4. The van der Waals surface area contributed by atoms with Crippen molar-refractivity contribution in [2.75, 3.05) is 11.4 Å². The van der Waals surface area contributed by atoms with E-state index in [0.717, 1.165) is 44.5 Å². The largest absolute Gasteiger partial charge is 0.477 e. The number of fused-ring (bicyclic) bond motifs is 1. The third-order valence-electron chi connectivity index (χ3n) is 6.49. The number of carbonyl (C=O) groups excluding carboxylic acids is 1. The van der Waals surface area contributed by atoms with Gasteiger partial charge in [0.05, 0.1) is 17.1 Å². The highest BCUT2D eigenvalue weighted by atomic mass is 32.1. The average Bonchev–Trinajstić information content (AvgIpc) is 3.60. The summed E-state index contributed by atoms with van der Waals surface area (Å²) in [6.45, 7) is 1.29. The summed E-state index contributed by atoms with van der Waals surface area (Å²) >= 11 is 2.40. The molecule has 1 saturated carbocycles. The first-order valence-corrected chi connectivity index (χ1v) is 13.3. The van der Waals surface area contributed by atoms with Gasteiger partial charge in [0.1, 0.15) is 10.6 Å². The number of carboxylic acids is 1. The smallest absolute Gasteiger partial charge is 0.348 e. The van der Waals surface area contributed by atoms with Gasteiger partial charge in [-0.3, -0.25) is 4.79 Å². The van der Waals surface area contributed by atoms with Gasteiger partial charge in [-0.15, -0.1) is 22.7 Å². The summed E-state index contributed by atoms with van der Waals surface area (Å²) in [6.07, 6.45) is 3.67. The van der Waals surface area contributed by atoms with Crippen LogP contribution in [0.4, 0.5) is 14.5 Å². The minimum atomic E-state index is -2.78. The molecule has 188 valence electrons. The van der Waals surface area contributed by atoms with Gasteiger partial charge in [-0.25, -0.2) is 23.1 Å². The van der Waals surface area contributed by atoms with Crippen molar-refractivity contribution in [2.45, 2.75) is 39.0 Å². The Hall–Kier alpha value is -3.18. The van der Waals surface area contributed by atoms with E-state index in [-0.39, 0.29) is 16.5 Å². The maximum absolute atomic E-state index is 13.6. The van der Waals surface area contributed by atoms with Crippen LogP contribution in [0.5, 0.6) is 0 Å². The summed E-state index contributed by atoms with van der Waals surface area (Å²) in [7, 11) is 0. The molecule has 0 spiro atoms. The maximum Gasteiger partial charge on any atom is 0.348 e. The Morgan fingerprint density at radius 3 is 2.58 bits per heavy atom. The summed E-state index contributed by atoms with van der Waals surface area (Å²) in [5.41, 5.74) is 1.46. The molecule has 1 fully saturated rings. The molecular formula is C25H24F2N4O3S2. The van der Waals surface area contributed by atoms with Crippen molar-refractivity contribution < 1.29 is 23.5 Å². The summed E-state index contributed by atoms with van der Waals surface area (Å²) in [6, 6.07) is 8.92. The van der Waals surface area contributed by atoms with Gasteiger partial charge in [0, 0.05) is 34.1 Å². The zero-order chi connectivity index (χ0) is 25.4. The normalized spacial score (nSPS) is 18.1. The first-order chi connectivity index (χ1) is 17.3. The molecule has 4 aromatic rings. The van der Waals surface area contributed by atoms with E-state index in [9.17, 15) is 23.5 Å². The number of aromatic carboxylic acids is 1. The number of carbonyl (C=O) groups is 2. The van der Waals surface area contributed by atoms with E-state index in [2.05, 4.69) is 17.0 Å². The molecule has 11 heteroatoms. The average molecular weight is 531 g/mol. The lowest BCUT2D eigenvalue weighted by Gasteiger charge is -2.31. The molecule has 0 aromatic carbocycles. The van der Waals surface area contributed by atoms with Gasteiger partial charge in [-0.1, -0.05) is 6.92 Å². The molecule has 4 aromatic heterocycles. The van der Waals surface area contributed by atoms with E-state index < -0.39 is 24.8 Å². The standard InChI is InChI=1S/C25H24F2N4O3S2/c1-14-3-5-15(6-4-14)24(32)30(13-21(26)27)17-12-20(36-23(17)25(33)34)19-8-7-18(35-19)16-11-22-28-9-2-10-31(22)29-16/h2,7-12,14-15,21H,3-6,13H2,1H3,(H,33,34)/t14-,15-. The number of hydrogen-bond acceptors (Lipinski definition) is 6. The van der Waals surface area contributed by atoms with Crippen LogP contribution in [-0.4, -0.2) is 44.6 Å². The fraction of sp³-hybridized carbons (Fsp3) is 0.360. The number of alkyl halides is 2. The minimum absolute atomic E-state index is 0.0401. The van der Waals surface area contributed by atoms with Crippen LogP contribution < -0.4 is 4.90 Å². The van der Waals surface area contributed by atoms with Crippen molar-refractivity contribution in [1.82, 2.24) is 14.6 Å². The predicted octanol–water partition coefficient (Wildman–Crippen LogP) is 6.31. The minimum Gasteiger partial charge on any atom is -0.477 e. The van der Waals surface area contributed by atoms with Gasteiger partial charge >= 0.3 is 5.97 Å². The molecule has 1 aliphatic rings. The Kier molecular flexibility index (Phi) is 6.85. The third-order valence-corrected chi connectivity index (χ3v) is 8.90. The van der Waals surface area contributed by atoms with Crippen molar-refractivity contribution in [2.24, 2.45) is 11.8 Å². The van der Waals surface area contributed by atoms with Crippen LogP contribution in [-0.2, 0) is 4.79 Å². The summed E-state index contributed by atoms with van der Waals surface area (Å²) in [4.78, 5) is 32.8. The highest BCUT2D eigenvalue weighted by Crippen LogP contribution is 2.43. The predicted molar refractivity (Wildman–Crippen MR) is 136 cm³/mol. The number of halogens is 2. The molecule has 0 atom stereocenters. The molecule has 1 aliphatic carbocycles. The van der Waals surface area contributed by atoms with Gasteiger partial charge in [-0.05, 0) is 55.9 Å². The van der Waals surface area contributed by atoms with E-state index >= 15 is 0 Å². The lowest BCUT2D eigenvalue weighted by molar-refractivity contribution is -0.124. The number of amides is 1. The van der Waals surface area contributed by atoms with Gasteiger partial charge in [0.2, 0.25) is 5.91 Å². The van der Waals surface area contributed by atoms with Crippen LogP contribution in [0, 0.1) is 11.8 Å². The Labute approximate surface area is 214 Å². The van der Waals surface area contributed by atoms with Crippen molar-refractivity contribution in [3.8, 4) is 20.3 Å². The van der Waals surface area contributed by atoms with E-state index in [1.165, 1.54) is 11.3 Å². The van der Waals surface area contributed by atoms with Crippen molar-refractivity contribution in [3.05, 3.63) is 47.6 Å². The SMILES string of the molecule is C[C@H]1CC[C@H](C(=O)N(CC(F)F)c2cc(-c3ccc(-c4cc5ncccn5n4)s3)sc2C(=O)O)CC1. The molecule has 0 aliphatic heterocycles. The van der Waals surface area contributed by atoms with Crippen LogP contribution in [0.3, 0.4) is 0 Å². The Morgan fingerprint density at radius 2 is 1.89 bits per heavy atom. The van der Waals surface area contributed by atoms with Crippen LogP contribution in [0.15, 0.2) is 42.7 Å². The second-order valence-electron chi connectivity index (χ2n) is 9.04. The van der Waals surface area contributed by atoms with Crippen LogP contribution in [0.25, 0.3) is 26.0 Å². The van der Waals surface area contributed by atoms with Gasteiger partial charge in [-0.2, -0.15) is 5.10 Å². The number of thiophene rings is 2. The van der Waals surface area contributed by atoms with E-state index in [1.807, 2.05) is 18.2 Å². The first-order valence-electron chi connectivity index (χ1n) is 11.7. The van der Waals surface area contributed by atoms with Crippen molar-refractivity contribution in [3.63, 3.8) is 0 Å². The zero-order valence-electron chi connectivity index (χ0n) is 19.4. The topological polar surface area (TPSA) is 87.8 Å². The van der Waals surface area contributed by atoms with Crippen molar-refractivity contribution in [1.29, 1.82) is 0 Å². The zero-order valence-corrected chi connectivity index (χ0v) is 21.1. The number of anilines is 1. The molecule has 7 nitrogen and oxygen atoms in total. The summed E-state index contributed by atoms with van der Waals surface area (Å²) in [5.74, 6) is -1.54. The molecule has 0 unspecified atom stereocenters. The van der Waals surface area contributed by atoms with Crippen LogP contribution >= 0.6 is 22.7 Å². The molecule has 5 rings (SSSR count). The molecule has 0 bridgehead atoms.